The van der Waals surface area contributed by atoms with Gasteiger partial charge < -0.3 is 25.7 Å². The van der Waals surface area contributed by atoms with Gasteiger partial charge in [0.05, 0.1) is 18.3 Å². The number of Topliss-reactive ketones (excluding diaryl/α,β-unsaturated/α-hetero) is 1. The Morgan fingerprint density at radius 3 is 2.33 bits per heavy atom. The van der Waals surface area contributed by atoms with Gasteiger partial charge in [0.2, 0.25) is 23.5 Å². The number of rotatable bonds is 12. The highest BCUT2D eigenvalue weighted by Gasteiger charge is 2.55. The Labute approximate surface area is 323 Å². The third kappa shape index (κ3) is 9.16. The van der Waals surface area contributed by atoms with Crippen molar-refractivity contribution in [3.63, 3.8) is 0 Å². The second kappa shape index (κ2) is 16.6. The van der Waals surface area contributed by atoms with Crippen LogP contribution in [0.4, 0.5) is 0 Å². The minimum atomic E-state index is -1.09. The molecular weight excluding hydrogens is 706 g/mol. The second-order valence-corrected chi connectivity index (χ2v) is 17.3. The molecule has 2 aromatic rings. The number of ketones is 1. The first-order valence-corrected chi connectivity index (χ1v) is 20.0. The minimum Gasteiger partial charge on any atom is -0.387 e. The Balaban J connectivity index is 1.21. The fraction of sp³-hybridized carbons (Fsp3) is 0.571. The Hall–Kier alpha value is -4.25. The average Bonchev–Trinajstić information content (AvgIpc) is 3.86. The summed E-state index contributed by atoms with van der Waals surface area (Å²) in [6, 6.07) is 11.9. The SMILES string of the molecule is CCC[C@H](NC(=O)[C@@H]1C[C@]2(CC(c3cccc(Cl)c3)=NO2)CN1C(=O)[C@@H](NC(=O)CC1CCCCC1)C(C)(C)C)C(=O)C(=O)NC1Cc2ccccc2C1. The number of carbonyl (C=O) groups is 5. The maximum absolute atomic E-state index is 14.7. The van der Waals surface area contributed by atoms with Crippen molar-refractivity contribution in [1.82, 2.24) is 20.9 Å². The molecule has 2 heterocycles. The lowest BCUT2D eigenvalue weighted by molar-refractivity contribution is -0.145. The van der Waals surface area contributed by atoms with Crippen LogP contribution < -0.4 is 16.0 Å². The standard InChI is InChI=1S/C42H54ClN5O6/c1-5-12-32(36(50)39(52)44-31-21-27-15-9-10-16-28(27)22-31)45-38(51)34-24-42(23-33(47-54-42)29-17-11-18-30(43)20-29)25-48(34)40(53)37(41(2,3)4)46-35(49)19-26-13-7-6-8-14-26/h9-11,15-18,20,26,31-32,34,37H,5-8,12-14,19,21-25H2,1-4H3,(H,44,52)(H,45,51)(H,46,49)/t32-,34-,37+,42+/m0/s1. The lowest BCUT2D eigenvalue weighted by Gasteiger charge is -2.36. The third-order valence-corrected chi connectivity index (χ3v) is 11.7. The summed E-state index contributed by atoms with van der Waals surface area (Å²) in [5, 5.41) is 13.7. The van der Waals surface area contributed by atoms with Crippen LogP contribution in [0.25, 0.3) is 0 Å². The van der Waals surface area contributed by atoms with Crippen LogP contribution in [0.3, 0.4) is 0 Å². The van der Waals surface area contributed by atoms with Gasteiger partial charge in [-0.05, 0) is 66.7 Å². The molecule has 6 rings (SSSR count). The van der Waals surface area contributed by atoms with Crippen LogP contribution in [0.1, 0.15) is 109 Å². The molecule has 1 saturated heterocycles. The Kier molecular flexibility index (Phi) is 12.1. The van der Waals surface area contributed by atoms with Crippen molar-refractivity contribution in [1.29, 1.82) is 0 Å². The van der Waals surface area contributed by atoms with Crippen LogP contribution in [-0.4, -0.2) is 76.3 Å². The number of likely N-dealkylation sites (tertiary alicyclic amines) is 1. The molecule has 290 valence electrons. The molecule has 1 spiro atoms. The molecule has 4 atom stereocenters. The van der Waals surface area contributed by atoms with E-state index >= 15 is 0 Å². The molecule has 0 radical (unpaired) electrons. The number of fused-ring (bicyclic) bond motifs is 1. The fourth-order valence-electron chi connectivity index (χ4n) is 8.54. The number of carbonyl (C=O) groups excluding carboxylic acids is 5. The van der Waals surface area contributed by atoms with E-state index < -0.39 is 52.6 Å². The van der Waals surface area contributed by atoms with Crippen molar-refractivity contribution in [3.8, 4) is 0 Å². The summed E-state index contributed by atoms with van der Waals surface area (Å²) in [6.45, 7) is 7.59. The molecular formula is C42H54ClN5O6. The first kappa shape index (κ1) is 39.4. The van der Waals surface area contributed by atoms with Crippen molar-refractivity contribution in [2.24, 2.45) is 16.5 Å². The van der Waals surface area contributed by atoms with Gasteiger partial charge in [-0.2, -0.15) is 0 Å². The summed E-state index contributed by atoms with van der Waals surface area (Å²) >= 11 is 6.28. The van der Waals surface area contributed by atoms with Gasteiger partial charge in [-0.3, -0.25) is 24.0 Å². The number of hydrogen-bond acceptors (Lipinski definition) is 7. The molecule has 0 bridgehead atoms. The molecule has 0 unspecified atom stereocenters. The number of amides is 4. The molecule has 3 N–H and O–H groups in total. The maximum atomic E-state index is 14.7. The van der Waals surface area contributed by atoms with Gasteiger partial charge in [-0.25, -0.2) is 0 Å². The van der Waals surface area contributed by atoms with Gasteiger partial charge in [0.1, 0.15) is 12.1 Å². The van der Waals surface area contributed by atoms with Crippen LogP contribution in [0, 0.1) is 11.3 Å². The maximum Gasteiger partial charge on any atom is 0.289 e. The molecule has 0 aromatic heterocycles. The summed E-state index contributed by atoms with van der Waals surface area (Å²) in [6.07, 6.45) is 8.18. The summed E-state index contributed by atoms with van der Waals surface area (Å²) in [7, 11) is 0. The number of nitrogens with zero attached hydrogens (tertiary/aromatic N) is 2. The Morgan fingerprint density at radius 2 is 1.69 bits per heavy atom. The highest BCUT2D eigenvalue weighted by molar-refractivity contribution is 6.38. The predicted molar refractivity (Wildman–Crippen MR) is 207 cm³/mol. The highest BCUT2D eigenvalue weighted by Crippen LogP contribution is 2.40. The third-order valence-electron chi connectivity index (χ3n) is 11.4. The van der Waals surface area contributed by atoms with Crippen molar-refractivity contribution in [2.75, 3.05) is 6.54 Å². The predicted octanol–water partition coefficient (Wildman–Crippen LogP) is 5.44. The Morgan fingerprint density at radius 1 is 0.981 bits per heavy atom. The molecule has 2 fully saturated rings. The van der Waals surface area contributed by atoms with E-state index in [-0.39, 0.29) is 37.3 Å². The second-order valence-electron chi connectivity index (χ2n) is 16.8. The van der Waals surface area contributed by atoms with E-state index in [1.165, 1.54) is 11.3 Å². The van der Waals surface area contributed by atoms with E-state index in [0.29, 0.717) is 42.8 Å². The minimum absolute atomic E-state index is 0.0394. The number of nitrogens with one attached hydrogen (secondary N) is 3. The van der Waals surface area contributed by atoms with Crippen LogP contribution in [0.5, 0.6) is 0 Å². The van der Waals surface area contributed by atoms with Crippen molar-refractivity contribution in [2.45, 2.75) is 135 Å². The van der Waals surface area contributed by atoms with E-state index in [0.717, 1.165) is 42.4 Å². The zero-order chi connectivity index (χ0) is 38.6. The number of benzene rings is 2. The number of oxime groups is 1. The quantitative estimate of drug-likeness (QED) is 0.246. The number of halogens is 1. The summed E-state index contributed by atoms with van der Waals surface area (Å²) in [5.41, 5.74) is 1.99. The molecule has 1 saturated carbocycles. The van der Waals surface area contributed by atoms with Crippen LogP contribution in [-0.2, 0) is 41.7 Å². The molecule has 4 aliphatic rings. The van der Waals surface area contributed by atoms with E-state index in [4.69, 9.17) is 16.4 Å². The normalized spacial score (nSPS) is 22.6. The summed E-state index contributed by atoms with van der Waals surface area (Å²) in [5.74, 6) is -2.33. The molecule has 11 nitrogen and oxygen atoms in total. The largest absolute Gasteiger partial charge is 0.387 e. The van der Waals surface area contributed by atoms with E-state index in [1.807, 2.05) is 64.1 Å². The zero-order valence-electron chi connectivity index (χ0n) is 31.9. The molecule has 2 aliphatic heterocycles. The molecule has 54 heavy (non-hydrogen) atoms. The monoisotopic (exact) mass is 759 g/mol. The summed E-state index contributed by atoms with van der Waals surface area (Å²) in [4.78, 5) is 77.1. The van der Waals surface area contributed by atoms with Gasteiger partial charge in [0.15, 0.2) is 5.60 Å². The first-order chi connectivity index (χ1) is 25.7. The lowest BCUT2D eigenvalue weighted by atomic mass is 9.84. The van der Waals surface area contributed by atoms with Crippen molar-refractivity contribution in [3.05, 3.63) is 70.2 Å². The number of hydrogen-bond donors (Lipinski definition) is 3. The van der Waals surface area contributed by atoms with Gasteiger partial charge in [0, 0.05) is 35.9 Å². The van der Waals surface area contributed by atoms with Gasteiger partial charge >= 0.3 is 0 Å². The summed E-state index contributed by atoms with van der Waals surface area (Å²) < 4.78 is 0. The van der Waals surface area contributed by atoms with Crippen molar-refractivity contribution >= 4 is 46.7 Å². The van der Waals surface area contributed by atoms with E-state index in [9.17, 15) is 24.0 Å². The van der Waals surface area contributed by atoms with Gasteiger partial charge in [0.25, 0.3) is 5.91 Å². The van der Waals surface area contributed by atoms with Gasteiger partial charge in [-0.1, -0.05) is 107 Å². The smallest absolute Gasteiger partial charge is 0.289 e. The lowest BCUT2D eigenvalue weighted by Crippen LogP contribution is -2.59. The molecule has 2 aromatic carbocycles. The van der Waals surface area contributed by atoms with Gasteiger partial charge in [-0.15, -0.1) is 0 Å². The fourth-order valence-corrected chi connectivity index (χ4v) is 8.73. The topological polar surface area (TPSA) is 146 Å². The van der Waals surface area contributed by atoms with E-state index in [2.05, 4.69) is 21.1 Å². The van der Waals surface area contributed by atoms with Crippen LogP contribution >= 0.6 is 11.6 Å². The van der Waals surface area contributed by atoms with Crippen LogP contribution in [0.15, 0.2) is 53.7 Å². The highest BCUT2D eigenvalue weighted by atomic mass is 35.5. The molecule has 2 aliphatic carbocycles. The van der Waals surface area contributed by atoms with Crippen LogP contribution in [0.2, 0.25) is 5.02 Å². The molecule has 4 amide bonds. The average molecular weight is 760 g/mol. The first-order valence-electron chi connectivity index (χ1n) is 19.6. The Bertz CT molecular complexity index is 1760. The van der Waals surface area contributed by atoms with E-state index in [1.54, 1.807) is 12.1 Å². The van der Waals surface area contributed by atoms with Crippen molar-refractivity contribution < 1.29 is 28.8 Å². The molecule has 12 heteroatoms. The zero-order valence-corrected chi connectivity index (χ0v) is 32.7.